The van der Waals surface area contributed by atoms with Gasteiger partial charge in [-0.1, -0.05) is 25.1 Å². The van der Waals surface area contributed by atoms with Gasteiger partial charge in [-0.2, -0.15) is 0 Å². The molecule has 2 nitrogen and oxygen atoms in total. The van der Waals surface area contributed by atoms with E-state index in [-0.39, 0.29) is 0 Å². The molecular weight excluding hydrogens is 234 g/mol. The molecule has 0 bridgehead atoms. The molecule has 0 aliphatic heterocycles. The maximum Gasteiger partial charge on any atom is 0.127 e. The van der Waals surface area contributed by atoms with Crippen LogP contribution in [-0.4, -0.2) is 7.05 Å². The molecule has 2 rings (SSSR count). The summed E-state index contributed by atoms with van der Waals surface area (Å²) >= 11 is 0. The molecule has 0 heterocycles. The van der Waals surface area contributed by atoms with Gasteiger partial charge in [0.15, 0.2) is 0 Å². The Morgan fingerprint density at radius 1 is 1.00 bits per heavy atom. The van der Waals surface area contributed by atoms with E-state index in [4.69, 9.17) is 4.74 Å². The number of hydrogen-bond acceptors (Lipinski definition) is 2. The van der Waals surface area contributed by atoms with Crippen LogP contribution in [0.3, 0.4) is 0 Å². The van der Waals surface area contributed by atoms with Crippen LogP contribution in [0.25, 0.3) is 0 Å². The van der Waals surface area contributed by atoms with Crippen LogP contribution >= 0.6 is 0 Å². The summed E-state index contributed by atoms with van der Waals surface area (Å²) in [5, 5.41) is 3.17. The third-order valence-corrected chi connectivity index (χ3v) is 3.25. The molecule has 0 unspecified atom stereocenters. The summed E-state index contributed by atoms with van der Waals surface area (Å²) in [6.07, 6.45) is 1.05. The van der Waals surface area contributed by atoms with Gasteiger partial charge in [-0.25, -0.2) is 0 Å². The van der Waals surface area contributed by atoms with Crippen molar-refractivity contribution in [2.75, 3.05) is 7.05 Å². The molecule has 0 atom stereocenters. The van der Waals surface area contributed by atoms with Gasteiger partial charge in [0.05, 0.1) is 0 Å². The lowest BCUT2D eigenvalue weighted by Crippen LogP contribution is -2.06. The molecule has 0 fully saturated rings. The predicted molar refractivity (Wildman–Crippen MR) is 79.8 cm³/mol. The van der Waals surface area contributed by atoms with Crippen LogP contribution in [0.2, 0.25) is 0 Å². The zero-order valence-corrected chi connectivity index (χ0v) is 11.9. The van der Waals surface area contributed by atoms with Crippen molar-refractivity contribution in [2.45, 2.75) is 26.8 Å². The fourth-order valence-electron chi connectivity index (χ4n) is 2.05. The summed E-state index contributed by atoms with van der Waals surface area (Å²) in [7, 11) is 1.96. The number of rotatable bonds is 5. The van der Waals surface area contributed by atoms with Crippen molar-refractivity contribution in [1.29, 1.82) is 0 Å². The van der Waals surface area contributed by atoms with Gasteiger partial charge >= 0.3 is 0 Å². The highest BCUT2D eigenvalue weighted by Crippen LogP contribution is 2.24. The molecule has 1 N–H and O–H groups in total. The molecule has 0 spiro atoms. The van der Waals surface area contributed by atoms with Crippen molar-refractivity contribution in [2.24, 2.45) is 0 Å². The number of hydrogen-bond donors (Lipinski definition) is 1. The first-order valence-corrected chi connectivity index (χ1v) is 6.74. The molecule has 0 saturated carbocycles. The van der Waals surface area contributed by atoms with Crippen molar-refractivity contribution >= 4 is 0 Å². The van der Waals surface area contributed by atoms with Gasteiger partial charge in [0.2, 0.25) is 0 Å². The molecule has 0 amide bonds. The Hall–Kier alpha value is -1.80. The van der Waals surface area contributed by atoms with E-state index >= 15 is 0 Å². The van der Waals surface area contributed by atoms with Gasteiger partial charge in [-0.15, -0.1) is 0 Å². The normalized spacial score (nSPS) is 10.5. The Kier molecular flexibility index (Phi) is 4.58. The fourth-order valence-corrected chi connectivity index (χ4v) is 2.05. The molecule has 0 aliphatic rings. The molecule has 0 saturated heterocycles. The van der Waals surface area contributed by atoms with E-state index < -0.39 is 0 Å². The molecule has 19 heavy (non-hydrogen) atoms. The first-order chi connectivity index (χ1) is 9.22. The van der Waals surface area contributed by atoms with Gasteiger partial charge < -0.3 is 10.1 Å². The van der Waals surface area contributed by atoms with E-state index in [0.29, 0.717) is 0 Å². The van der Waals surface area contributed by atoms with Gasteiger partial charge in [-0.3, -0.25) is 0 Å². The summed E-state index contributed by atoms with van der Waals surface area (Å²) in [4.78, 5) is 0. The third-order valence-electron chi connectivity index (χ3n) is 3.25. The SMILES string of the molecule is CCc1ccc(Oc2ccc(CNC)c(C)c2)cc1. The quantitative estimate of drug-likeness (QED) is 0.869. The van der Waals surface area contributed by atoms with E-state index in [0.717, 1.165) is 24.5 Å². The van der Waals surface area contributed by atoms with Crippen LogP contribution in [0.1, 0.15) is 23.6 Å². The zero-order valence-electron chi connectivity index (χ0n) is 11.9. The second-order valence-corrected chi connectivity index (χ2v) is 4.72. The summed E-state index contributed by atoms with van der Waals surface area (Å²) in [5.74, 6) is 1.78. The first kappa shape index (κ1) is 13.6. The van der Waals surface area contributed by atoms with Crippen molar-refractivity contribution < 1.29 is 4.74 Å². The Balaban J connectivity index is 2.11. The molecular formula is C17H21NO. The number of ether oxygens (including phenoxy) is 1. The number of nitrogens with one attached hydrogen (secondary N) is 1. The maximum atomic E-state index is 5.87. The Morgan fingerprint density at radius 3 is 2.26 bits per heavy atom. The highest BCUT2D eigenvalue weighted by molar-refractivity contribution is 5.38. The van der Waals surface area contributed by atoms with Crippen LogP contribution in [0.15, 0.2) is 42.5 Å². The third kappa shape index (κ3) is 3.58. The van der Waals surface area contributed by atoms with Crippen LogP contribution in [0.5, 0.6) is 11.5 Å². The molecule has 100 valence electrons. The smallest absolute Gasteiger partial charge is 0.127 e. The Labute approximate surface area is 115 Å². The Morgan fingerprint density at radius 2 is 1.68 bits per heavy atom. The van der Waals surface area contributed by atoms with Crippen molar-refractivity contribution in [3.05, 3.63) is 59.2 Å². The Bertz CT molecular complexity index is 531. The lowest BCUT2D eigenvalue weighted by molar-refractivity contribution is 0.481. The second kappa shape index (κ2) is 6.39. The minimum Gasteiger partial charge on any atom is -0.457 e. The van der Waals surface area contributed by atoms with Gasteiger partial charge in [-0.05, 0) is 61.3 Å². The van der Waals surface area contributed by atoms with Crippen LogP contribution < -0.4 is 10.1 Å². The van der Waals surface area contributed by atoms with Gasteiger partial charge in [0.25, 0.3) is 0 Å². The molecule has 2 aromatic rings. The lowest BCUT2D eigenvalue weighted by atomic mass is 10.1. The average molecular weight is 255 g/mol. The summed E-state index contributed by atoms with van der Waals surface area (Å²) < 4.78 is 5.87. The summed E-state index contributed by atoms with van der Waals surface area (Å²) in [6, 6.07) is 14.5. The van der Waals surface area contributed by atoms with Crippen molar-refractivity contribution in [3.8, 4) is 11.5 Å². The fraction of sp³-hybridized carbons (Fsp3) is 0.294. The van der Waals surface area contributed by atoms with E-state index in [1.165, 1.54) is 16.7 Å². The van der Waals surface area contributed by atoms with Crippen LogP contribution in [-0.2, 0) is 13.0 Å². The lowest BCUT2D eigenvalue weighted by Gasteiger charge is -2.10. The van der Waals surface area contributed by atoms with Crippen molar-refractivity contribution in [3.63, 3.8) is 0 Å². The standard InChI is InChI=1S/C17H21NO/c1-4-14-5-8-16(9-6-14)19-17-10-7-15(12-18-3)13(2)11-17/h5-11,18H,4,12H2,1-3H3. The molecule has 2 aromatic carbocycles. The van der Waals surface area contributed by atoms with Crippen molar-refractivity contribution in [1.82, 2.24) is 5.32 Å². The molecule has 0 aliphatic carbocycles. The minimum atomic E-state index is 0.886. The highest BCUT2D eigenvalue weighted by atomic mass is 16.5. The zero-order chi connectivity index (χ0) is 13.7. The van der Waals surface area contributed by atoms with E-state index in [1.54, 1.807) is 0 Å². The summed E-state index contributed by atoms with van der Waals surface area (Å²) in [6.45, 7) is 5.15. The average Bonchev–Trinajstić information content (AvgIpc) is 2.43. The van der Waals surface area contributed by atoms with Crippen LogP contribution in [0, 0.1) is 6.92 Å². The molecule has 0 radical (unpaired) electrons. The largest absolute Gasteiger partial charge is 0.457 e. The van der Waals surface area contributed by atoms with Gasteiger partial charge in [0, 0.05) is 6.54 Å². The topological polar surface area (TPSA) is 21.3 Å². The predicted octanol–water partition coefficient (Wildman–Crippen LogP) is 4.07. The second-order valence-electron chi connectivity index (χ2n) is 4.72. The molecule has 2 heteroatoms. The van der Waals surface area contributed by atoms with E-state index in [2.05, 4.69) is 43.4 Å². The van der Waals surface area contributed by atoms with Crippen LogP contribution in [0.4, 0.5) is 0 Å². The highest BCUT2D eigenvalue weighted by Gasteiger charge is 2.02. The summed E-state index contributed by atoms with van der Waals surface area (Å²) in [5.41, 5.74) is 3.88. The van der Waals surface area contributed by atoms with E-state index in [1.807, 2.05) is 25.2 Å². The molecule has 0 aromatic heterocycles. The minimum absolute atomic E-state index is 0.886. The number of aryl methyl sites for hydroxylation is 2. The van der Waals surface area contributed by atoms with Gasteiger partial charge in [0.1, 0.15) is 11.5 Å². The first-order valence-electron chi connectivity index (χ1n) is 6.74. The maximum absolute atomic E-state index is 5.87. The van der Waals surface area contributed by atoms with E-state index in [9.17, 15) is 0 Å². The monoisotopic (exact) mass is 255 g/mol. The number of benzene rings is 2.